The summed E-state index contributed by atoms with van der Waals surface area (Å²) in [5.74, 6) is 0.167. The van der Waals surface area contributed by atoms with Gasteiger partial charge in [-0.1, -0.05) is 6.07 Å². The zero-order valence-electron chi connectivity index (χ0n) is 7.23. The first kappa shape index (κ1) is 8.72. The summed E-state index contributed by atoms with van der Waals surface area (Å²) in [6, 6.07) is 3.95. The summed E-state index contributed by atoms with van der Waals surface area (Å²) in [5.41, 5.74) is 0. The molecule has 0 N–H and O–H groups in total. The fourth-order valence-electron chi connectivity index (χ4n) is 1.28. The molecule has 1 aliphatic heterocycles. The van der Waals surface area contributed by atoms with Gasteiger partial charge in [-0.25, -0.2) is 0 Å². The third-order valence-electron chi connectivity index (χ3n) is 2.01. The third kappa shape index (κ3) is 2.08. The number of carbonyl (C=O) groups is 1. The van der Waals surface area contributed by atoms with Crippen molar-refractivity contribution < 1.29 is 9.53 Å². The Kier molecular flexibility index (Phi) is 2.61. The molecular formula is C9H11NO2S. The Morgan fingerprint density at radius 2 is 2.62 bits per heavy atom. The van der Waals surface area contributed by atoms with Crippen LogP contribution >= 0.6 is 11.3 Å². The molecular weight excluding hydrogens is 186 g/mol. The Bertz CT molecular complexity index is 278. The zero-order valence-corrected chi connectivity index (χ0v) is 8.05. The van der Waals surface area contributed by atoms with Gasteiger partial charge in [0.25, 0.3) is 0 Å². The first-order valence-corrected chi connectivity index (χ1v) is 5.12. The van der Waals surface area contributed by atoms with Crippen molar-refractivity contribution in [2.75, 3.05) is 19.9 Å². The molecule has 1 saturated heterocycles. The zero-order chi connectivity index (χ0) is 9.10. The number of carbonyl (C=O) groups excluding carboxylic acids is 1. The monoisotopic (exact) mass is 197 g/mol. The molecule has 0 bridgehead atoms. The summed E-state index contributed by atoms with van der Waals surface area (Å²) in [6.07, 6.45) is 0.515. The van der Waals surface area contributed by atoms with Crippen LogP contribution in [0.5, 0.6) is 0 Å². The minimum atomic E-state index is 0.167. The molecule has 1 fully saturated rings. The van der Waals surface area contributed by atoms with Crippen LogP contribution in [-0.2, 0) is 16.0 Å². The third-order valence-corrected chi connectivity index (χ3v) is 2.89. The summed E-state index contributed by atoms with van der Waals surface area (Å²) in [6.45, 7) is 1.88. The van der Waals surface area contributed by atoms with Gasteiger partial charge in [-0.2, -0.15) is 0 Å². The molecule has 2 heterocycles. The Balaban J connectivity index is 1.91. The normalized spacial score (nSPS) is 16.5. The van der Waals surface area contributed by atoms with E-state index in [2.05, 4.69) is 0 Å². The quantitative estimate of drug-likeness (QED) is 0.710. The number of hydrogen-bond donors (Lipinski definition) is 0. The Hall–Kier alpha value is -0.870. The van der Waals surface area contributed by atoms with Crippen molar-refractivity contribution in [3.63, 3.8) is 0 Å². The second kappa shape index (κ2) is 3.89. The molecule has 4 heteroatoms. The Morgan fingerprint density at radius 3 is 3.23 bits per heavy atom. The van der Waals surface area contributed by atoms with Gasteiger partial charge in [0.1, 0.15) is 6.73 Å². The minimum absolute atomic E-state index is 0.167. The van der Waals surface area contributed by atoms with Crippen LogP contribution in [0.3, 0.4) is 0 Å². The fourth-order valence-corrected chi connectivity index (χ4v) is 1.98. The van der Waals surface area contributed by atoms with Crippen molar-refractivity contribution in [3.8, 4) is 0 Å². The SMILES string of the molecule is O=C(Cc1cccs1)N1CCOC1. The first-order valence-electron chi connectivity index (χ1n) is 4.24. The largest absolute Gasteiger partial charge is 0.359 e. The summed E-state index contributed by atoms with van der Waals surface area (Å²) in [7, 11) is 0. The maximum atomic E-state index is 11.6. The minimum Gasteiger partial charge on any atom is -0.359 e. The smallest absolute Gasteiger partial charge is 0.229 e. The predicted octanol–water partition coefficient (Wildman–Crippen LogP) is 1.11. The molecule has 13 heavy (non-hydrogen) atoms. The highest BCUT2D eigenvalue weighted by molar-refractivity contribution is 7.10. The molecule has 0 aromatic carbocycles. The molecule has 3 nitrogen and oxygen atoms in total. The van der Waals surface area contributed by atoms with Gasteiger partial charge in [-0.15, -0.1) is 11.3 Å². The number of hydrogen-bond acceptors (Lipinski definition) is 3. The van der Waals surface area contributed by atoms with Gasteiger partial charge in [0.2, 0.25) is 5.91 Å². The first-order chi connectivity index (χ1) is 6.36. The van der Waals surface area contributed by atoms with Crippen molar-refractivity contribution in [1.29, 1.82) is 0 Å². The van der Waals surface area contributed by atoms with Gasteiger partial charge < -0.3 is 9.64 Å². The van der Waals surface area contributed by atoms with Crippen LogP contribution in [0.2, 0.25) is 0 Å². The topological polar surface area (TPSA) is 29.5 Å². The predicted molar refractivity (Wildman–Crippen MR) is 50.6 cm³/mol. The molecule has 1 aliphatic rings. The molecule has 70 valence electrons. The van der Waals surface area contributed by atoms with Crippen LogP contribution in [0.15, 0.2) is 17.5 Å². The highest BCUT2D eigenvalue weighted by atomic mass is 32.1. The standard InChI is InChI=1S/C9H11NO2S/c11-9(10-3-4-12-7-10)6-8-2-1-5-13-8/h1-2,5H,3-4,6-7H2. The lowest BCUT2D eigenvalue weighted by molar-refractivity contribution is -0.130. The van der Waals surface area contributed by atoms with E-state index >= 15 is 0 Å². The molecule has 0 aliphatic carbocycles. The molecule has 1 aromatic rings. The van der Waals surface area contributed by atoms with E-state index in [9.17, 15) is 4.79 Å². The Morgan fingerprint density at radius 1 is 1.69 bits per heavy atom. The van der Waals surface area contributed by atoms with Crippen LogP contribution < -0.4 is 0 Å². The highest BCUT2D eigenvalue weighted by Gasteiger charge is 2.18. The molecule has 1 aromatic heterocycles. The number of nitrogens with zero attached hydrogens (tertiary/aromatic N) is 1. The molecule has 2 rings (SSSR count). The van der Waals surface area contributed by atoms with E-state index in [1.165, 1.54) is 0 Å². The molecule has 0 spiro atoms. The van der Waals surface area contributed by atoms with Crippen LogP contribution in [0.25, 0.3) is 0 Å². The molecule has 0 radical (unpaired) electrons. The fraction of sp³-hybridized carbons (Fsp3) is 0.444. The lowest BCUT2D eigenvalue weighted by Gasteiger charge is -2.11. The maximum absolute atomic E-state index is 11.6. The van der Waals surface area contributed by atoms with Gasteiger partial charge >= 0.3 is 0 Å². The van der Waals surface area contributed by atoms with Gasteiger partial charge in [-0.3, -0.25) is 4.79 Å². The lowest BCUT2D eigenvalue weighted by Crippen LogP contribution is -2.29. The van der Waals surface area contributed by atoms with Crippen molar-refractivity contribution in [1.82, 2.24) is 4.90 Å². The van der Waals surface area contributed by atoms with Crippen molar-refractivity contribution in [3.05, 3.63) is 22.4 Å². The molecule has 0 atom stereocenters. The van der Waals surface area contributed by atoms with Crippen molar-refractivity contribution >= 4 is 17.2 Å². The van der Waals surface area contributed by atoms with E-state index in [0.717, 1.165) is 11.4 Å². The van der Waals surface area contributed by atoms with E-state index in [4.69, 9.17) is 4.74 Å². The van der Waals surface area contributed by atoms with E-state index in [1.54, 1.807) is 16.2 Å². The van der Waals surface area contributed by atoms with Gasteiger partial charge in [-0.05, 0) is 11.4 Å². The van der Waals surface area contributed by atoms with Crippen LogP contribution in [0, 0.1) is 0 Å². The highest BCUT2D eigenvalue weighted by Crippen LogP contribution is 2.11. The lowest BCUT2D eigenvalue weighted by atomic mass is 10.3. The van der Waals surface area contributed by atoms with Crippen molar-refractivity contribution in [2.24, 2.45) is 0 Å². The van der Waals surface area contributed by atoms with Gasteiger partial charge in [0.15, 0.2) is 0 Å². The van der Waals surface area contributed by atoms with Gasteiger partial charge in [0.05, 0.1) is 13.0 Å². The number of ether oxygens (including phenoxy) is 1. The summed E-state index contributed by atoms with van der Waals surface area (Å²) in [4.78, 5) is 14.4. The molecule has 1 amide bonds. The number of amides is 1. The average Bonchev–Trinajstić information content (AvgIpc) is 2.74. The van der Waals surface area contributed by atoms with E-state index < -0.39 is 0 Å². The number of thiophene rings is 1. The van der Waals surface area contributed by atoms with Crippen LogP contribution in [0.1, 0.15) is 4.88 Å². The molecule has 0 unspecified atom stereocenters. The summed E-state index contributed by atoms with van der Waals surface area (Å²) >= 11 is 1.62. The van der Waals surface area contributed by atoms with Crippen LogP contribution in [-0.4, -0.2) is 30.7 Å². The maximum Gasteiger partial charge on any atom is 0.229 e. The van der Waals surface area contributed by atoms with Crippen LogP contribution in [0.4, 0.5) is 0 Å². The Labute approximate surface area is 80.9 Å². The summed E-state index contributed by atoms with van der Waals surface area (Å²) in [5, 5.41) is 1.99. The second-order valence-corrected chi connectivity index (χ2v) is 3.98. The van der Waals surface area contributed by atoms with E-state index in [-0.39, 0.29) is 5.91 Å². The van der Waals surface area contributed by atoms with Crippen molar-refractivity contribution in [2.45, 2.75) is 6.42 Å². The van der Waals surface area contributed by atoms with Gasteiger partial charge in [0, 0.05) is 11.4 Å². The van der Waals surface area contributed by atoms with E-state index in [1.807, 2.05) is 17.5 Å². The average molecular weight is 197 g/mol. The molecule has 0 saturated carbocycles. The number of rotatable bonds is 2. The second-order valence-electron chi connectivity index (χ2n) is 2.95. The van der Waals surface area contributed by atoms with E-state index in [0.29, 0.717) is 19.8 Å². The summed E-state index contributed by atoms with van der Waals surface area (Å²) < 4.78 is 5.11.